The van der Waals surface area contributed by atoms with Crippen LogP contribution in [0.15, 0.2) is 58.4 Å². The molecule has 0 saturated carbocycles. The van der Waals surface area contributed by atoms with E-state index in [1.165, 1.54) is 0 Å². The van der Waals surface area contributed by atoms with Crippen LogP contribution in [0.25, 0.3) is 10.9 Å². The highest BCUT2D eigenvalue weighted by molar-refractivity contribution is 6.31. The van der Waals surface area contributed by atoms with Gasteiger partial charge >= 0.3 is 0 Å². The average Bonchev–Trinajstić information content (AvgIpc) is 2.92. The van der Waals surface area contributed by atoms with Crippen molar-refractivity contribution >= 4 is 34.4 Å². The van der Waals surface area contributed by atoms with E-state index in [-0.39, 0.29) is 0 Å². The smallest absolute Gasteiger partial charge is 0.146 e. The average molecular weight is 272 g/mol. The molecule has 3 aromatic rings. The Bertz CT molecular complexity index is 723. The third-order valence-corrected chi connectivity index (χ3v) is 2.86. The lowest BCUT2D eigenvalue weighted by molar-refractivity contribution is 0.560. The zero-order chi connectivity index (χ0) is 13.1. The molecule has 0 fully saturated rings. The van der Waals surface area contributed by atoms with Crippen LogP contribution in [0.3, 0.4) is 0 Å². The van der Waals surface area contributed by atoms with Crippen LogP contribution in [0.2, 0.25) is 5.02 Å². The van der Waals surface area contributed by atoms with Gasteiger partial charge in [0, 0.05) is 16.6 Å². The Morgan fingerprint density at radius 2 is 2.21 bits per heavy atom. The highest BCUT2D eigenvalue weighted by Crippen LogP contribution is 2.24. The maximum Gasteiger partial charge on any atom is 0.146 e. The van der Waals surface area contributed by atoms with Crippen molar-refractivity contribution < 1.29 is 4.42 Å². The van der Waals surface area contributed by atoms with Gasteiger partial charge in [0.05, 0.1) is 23.7 Å². The molecule has 0 amide bonds. The van der Waals surface area contributed by atoms with Crippen molar-refractivity contribution in [1.82, 2.24) is 4.98 Å². The van der Waals surface area contributed by atoms with Crippen molar-refractivity contribution in [3.05, 3.63) is 59.6 Å². The van der Waals surface area contributed by atoms with Gasteiger partial charge in [-0.15, -0.1) is 0 Å². The summed E-state index contributed by atoms with van der Waals surface area (Å²) >= 11 is 5.94. The Hall–Kier alpha value is -2.33. The first-order valence-electron chi connectivity index (χ1n) is 5.70. The lowest BCUT2D eigenvalue weighted by Gasteiger charge is -2.04. The number of furan rings is 1. The standard InChI is InChI=1S/C14H10ClN3O/c15-10-3-4-12-13(5-6-16-14(12)8-10)18-17-9-11-2-1-7-19-11/h1-9H,(H,16,18). The maximum atomic E-state index is 5.94. The number of hydrogen-bond acceptors (Lipinski definition) is 4. The molecule has 2 heterocycles. The molecule has 0 radical (unpaired) electrons. The largest absolute Gasteiger partial charge is 0.463 e. The summed E-state index contributed by atoms with van der Waals surface area (Å²) in [4.78, 5) is 4.27. The van der Waals surface area contributed by atoms with Crippen LogP contribution in [0.5, 0.6) is 0 Å². The van der Waals surface area contributed by atoms with Gasteiger partial charge in [-0.05, 0) is 36.4 Å². The van der Waals surface area contributed by atoms with Gasteiger partial charge in [-0.25, -0.2) is 0 Å². The number of aromatic nitrogens is 1. The van der Waals surface area contributed by atoms with Crippen LogP contribution in [-0.2, 0) is 0 Å². The number of fused-ring (bicyclic) bond motifs is 1. The van der Waals surface area contributed by atoms with Gasteiger partial charge in [-0.3, -0.25) is 10.4 Å². The van der Waals surface area contributed by atoms with Crippen LogP contribution >= 0.6 is 11.6 Å². The fraction of sp³-hybridized carbons (Fsp3) is 0. The Kier molecular flexibility index (Phi) is 3.16. The maximum absolute atomic E-state index is 5.94. The molecule has 0 aliphatic carbocycles. The summed E-state index contributed by atoms with van der Waals surface area (Å²) in [6.45, 7) is 0. The van der Waals surface area contributed by atoms with Crippen molar-refractivity contribution in [1.29, 1.82) is 0 Å². The summed E-state index contributed by atoms with van der Waals surface area (Å²) in [5.41, 5.74) is 4.66. The zero-order valence-corrected chi connectivity index (χ0v) is 10.6. The van der Waals surface area contributed by atoms with E-state index in [1.54, 1.807) is 18.7 Å². The zero-order valence-electron chi connectivity index (χ0n) is 9.88. The molecule has 0 atom stereocenters. The third-order valence-electron chi connectivity index (χ3n) is 2.62. The van der Waals surface area contributed by atoms with E-state index in [0.29, 0.717) is 10.8 Å². The fourth-order valence-corrected chi connectivity index (χ4v) is 1.92. The highest BCUT2D eigenvalue weighted by Gasteiger charge is 2.01. The van der Waals surface area contributed by atoms with Crippen LogP contribution in [0, 0.1) is 0 Å². The van der Waals surface area contributed by atoms with Gasteiger partial charge in [-0.2, -0.15) is 5.10 Å². The number of halogens is 1. The number of nitrogens with zero attached hydrogens (tertiary/aromatic N) is 2. The van der Waals surface area contributed by atoms with Crippen LogP contribution in [0.1, 0.15) is 5.76 Å². The molecule has 0 saturated heterocycles. The number of anilines is 1. The summed E-state index contributed by atoms with van der Waals surface area (Å²) in [5.74, 6) is 0.689. The molecule has 94 valence electrons. The first-order chi connectivity index (χ1) is 9.33. The molecule has 2 aromatic heterocycles. The predicted molar refractivity (Wildman–Crippen MR) is 76.7 cm³/mol. The molecule has 1 aromatic carbocycles. The monoisotopic (exact) mass is 271 g/mol. The second-order valence-electron chi connectivity index (χ2n) is 3.91. The molecule has 0 spiro atoms. The van der Waals surface area contributed by atoms with Crippen LogP contribution in [-0.4, -0.2) is 11.2 Å². The van der Waals surface area contributed by atoms with Crippen molar-refractivity contribution in [3.63, 3.8) is 0 Å². The van der Waals surface area contributed by atoms with Crippen molar-refractivity contribution in [2.24, 2.45) is 5.10 Å². The summed E-state index contributed by atoms with van der Waals surface area (Å²) < 4.78 is 5.16. The Morgan fingerprint density at radius 1 is 1.26 bits per heavy atom. The number of nitrogens with one attached hydrogen (secondary N) is 1. The van der Waals surface area contributed by atoms with Gasteiger partial charge in [0.25, 0.3) is 0 Å². The Morgan fingerprint density at radius 3 is 3.05 bits per heavy atom. The SMILES string of the molecule is Clc1ccc2c(NN=Cc3ccco3)ccnc2c1. The van der Waals surface area contributed by atoms with Gasteiger partial charge < -0.3 is 4.42 Å². The van der Waals surface area contributed by atoms with E-state index in [0.717, 1.165) is 16.6 Å². The molecule has 4 nitrogen and oxygen atoms in total. The van der Waals surface area contributed by atoms with Crippen LogP contribution in [0.4, 0.5) is 5.69 Å². The number of hydrogen-bond donors (Lipinski definition) is 1. The first kappa shape index (κ1) is 11.7. The second-order valence-corrected chi connectivity index (χ2v) is 4.34. The summed E-state index contributed by atoms with van der Waals surface area (Å²) in [5, 5.41) is 5.75. The first-order valence-corrected chi connectivity index (χ1v) is 6.07. The lowest BCUT2D eigenvalue weighted by atomic mass is 10.2. The third kappa shape index (κ3) is 2.58. The number of rotatable bonds is 3. The molecule has 3 rings (SSSR count). The van der Waals surface area contributed by atoms with Crippen molar-refractivity contribution in [2.75, 3.05) is 5.43 Å². The van der Waals surface area contributed by atoms with E-state index < -0.39 is 0 Å². The van der Waals surface area contributed by atoms with E-state index in [9.17, 15) is 0 Å². The summed E-state index contributed by atoms with van der Waals surface area (Å²) in [6.07, 6.45) is 4.93. The van der Waals surface area contributed by atoms with E-state index in [2.05, 4.69) is 15.5 Å². The minimum absolute atomic E-state index is 0.663. The van der Waals surface area contributed by atoms with Gasteiger partial charge in [-0.1, -0.05) is 11.6 Å². The lowest BCUT2D eigenvalue weighted by Crippen LogP contribution is -1.92. The number of hydrazone groups is 1. The molecule has 0 aliphatic heterocycles. The Labute approximate surface area is 114 Å². The molecule has 19 heavy (non-hydrogen) atoms. The second kappa shape index (κ2) is 5.12. The number of benzene rings is 1. The van der Waals surface area contributed by atoms with E-state index >= 15 is 0 Å². The molecular weight excluding hydrogens is 262 g/mol. The number of pyridine rings is 1. The van der Waals surface area contributed by atoms with Crippen LogP contribution < -0.4 is 5.43 Å². The van der Waals surface area contributed by atoms with Gasteiger partial charge in [0.2, 0.25) is 0 Å². The quantitative estimate of drug-likeness (QED) is 0.580. The molecular formula is C14H10ClN3O. The molecule has 5 heteroatoms. The Balaban J connectivity index is 1.89. The summed E-state index contributed by atoms with van der Waals surface area (Å²) in [6, 6.07) is 11.1. The minimum Gasteiger partial charge on any atom is -0.463 e. The molecule has 0 aliphatic rings. The normalized spacial score (nSPS) is 11.2. The highest BCUT2D eigenvalue weighted by atomic mass is 35.5. The van der Waals surface area contributed by atoms with Gasteiger partial charge in [0.15, 0.2) is 0 Å². The summed E-state index contributed by atoms with van der Waals surface area (Å²) in [7, 11) is 0. The predicted octanol–water partition coefficient (Wildman–Crippen LogP) is 3.93. The van der Waals surface area contributed by atoms with Crippen molar-refractivity contribution in [3.8, 4) is 0 Å². The topological polar surface area (TPSA) is 50.4 Å². The minimum atomic E-state index is 0.663. The molecule has 0 bridgehead atoms. The molecule has 1 N–H and O–H groups in total. The van der Waals surface area contributed by atoms with Crippen molar-refractivity contribution in [2.45, 2.75) is 0 Å². The van der Waals surface area contributed by atoms with E-state index in [1.807, 2.05) is 36.4 Å². The van der Waals surface area contributed by atoms with Gasteiger partial charge in [0.1, 0.15) is 5.76 Å². The molecule has 0 unspecified atom stereocenters. The fourth-order valence-electron chi connectivity index (χ4n) is 1.75. The van der Waals surface area contributed by atoms with E-state index in [4.69, 9.17) is 16.0 Å².